The van der Waals surface area contributed by atoms with Crippen LogP contribution in [0, 0.1) is 6.92 Å². The number of halogens is 1. The quantitative estimate of drug-likeness (QED) is 0.0865. The second-order valence-corrected chi connectivity index (χ2v) is 11.0. The van der Waals surface area contributed by atoms with Gasteiger partial charge in [0.15, 0.2) is 12.0 Å². The molecule has 15 nitrogen and oxygen atoms in total. The average Bonchev–Trinajstić information content (AvgIpc) is 3.43. The number of hydrogen-bond donors (Lipinski definition) is 6. The Bertz CT molecular complexity index is 1040. The summed E-state index contributed by atoms with van der Waals surface area (Å²) in [6.07, 6.45) is -1.99. The number of hydrogen-bond acceptors (Lipinski definition) is 12. The van der Waals surface area contributed by atoms with Crippen LogP contribution in [0.2, 0.25) is 5.28 Å². The molecule has 1 saturated heterocycles. The van der Waals surface area contributed by atoms with Crippen molar-refractivity contribution < 1.29 is 48.7 Å². The maximum absolute atomic E-state index is 12.0. The molecule has 37 heavy (non-hydrogen) atoms. The number of nitrogens with zero attached hydrogens (tertiary/aromatic N) is 4. The fourth-order valence-corrected chi connectivity index (χ4v) is 5.27. The fraction of sp³-hybridized carbons (Fsp3) is 0.700. The maximum atomic E-state index is 12.0. The molecule has 1 saturated carbocycles. The third-order valence-electron chi connectivity index (χ3n) is 6.37. The maximum Gasteiger partial charge on any atom is 0.371 e. The van der Waals surface area contributed by atoms with Crippen molar-refractivity contribution in [3.05, 3.63) is 10.8 Å². The summed E-state index contributed by atoms with van der Waals surface area (Å²) < 4.78 is 27.4. The van der Waals surface area contributed by atoms with Gasteiger partial charge in [0.25, 0.3) is 5.34 Å². The van der Waals surface area contributed by atoms with E-state index in [1.165, 1.54) is 0 Å². The number of methoxy groups -OCH3 is 1. The van der Waals surface area contributed by atoms with Crippen molar-refractivity contribution in [1.82, 2.24) is 9.97 Å². The first-order chi connectivity index (χ1) is 17.4. The highest BCUT2D eigenvalue weighted by atomic mass is 35.5. The van der Waals surface area contributed by atoms with Gasteiger partial charge in [-0.05, 0) is 31.4 Å². The number of carboxylic acids is 1. The largest absolute Gasteiger partial charge is 0.479 e. The van der Waals surface area contributed by atoms with Gasteiger partial charge in [0.1, 0.15) is 24.1 Å². The van der Waals surface area contributed by atoms with E-state index < -0.39 is 56.7 Å². The first-order valence-corrected chi connectivity index (χ1v) is 13.4. The van der Waals surface area contributed by atoms with E-state index in [1.807, 2.05) is 0 Å². The highest BCUT2D eigenvalue weighted by Crippen LogP contribution is 2.52. The van der Waals surface area contributed by atoms with Crippen LogP contribution in [0.3, 0.4) is 0 Å². The van der Waals surface area contributed by atoms with Gasteiger partial charge in [0.2, 0.25) is 5.28 Å². The van der Waals surface area contributed by atoms with Crippen LogP contribution in [-0.4, -0.2) is 104 Å². The monoisotopic (exact) mass is 567 g/mol. The van der Waals surface area contributed by atoms with E-state index in [4.69, 9.17) is 21.1 Å². The lowest BCUT2D eigenvalue weighted by Crippen LogP contribution is -2.48. The van der Waals surface area contributed by atoms with Crippen LogP contribution in [0.25, 0.3) is 0 Å². The Morgan fingerprint density at radius 1 is 1.32 bits per heavy atom. The number of carbonyl (C=O) groups is 1. The predicted molar refractivity (Wildman–Crippen MR) is 131 cm³/mol. The summed E-state index contributed by atoms with van der Waals surface area (Å²) in [6.45, 7) is 3.38. The van der Waals surface area contributed by atoms with E-state index in [0.717, 1.165) is 37.8 Å². The molecule has 17 heteroatoms. The molecular weight excluding hydrogens is 537 g/mol. The molecular formula is C20H31ClN5O10P. The van der Waals surface area contributed by atoms with Gasteiger partial charge in [-0.1, -0.05) is 12.8 Å². The molecule has 1 aliphatic heterocycles. The lowest BCUT2D eigenvalue weighted by atomic mass is 10.1. The van der Waals surface area contributed by atoms with Crippen LogP contribution in [-0.2, 0) is 23.6 Å². The van der Waals surface area contributed by atoms with E-state index in [1.54, 1.807) is 6.92 Å². The summed E-state index contributed by atoms with van der Waals surface area (Å²) in [6, 6.07) is 0.204. The predicted octanol–water partition coefficient (Wildman–Crippen LogP) is 0.283. The Balaban J connectivity index is 1.84. The second kappa shape index (κ2) is 11.8. The molecule has 0 aromatic carbocycles. The first-order valence-electron chi connectivity index (χ1n) is 11.4. The Labute approximate surface area is 217 Å². The van der Waals surface area contributed by atoms with E-state index in [2.05, 4.69) is 31.8 Å². The molecule has 208 valence electrons. The van der Waals surface area contributed by atoms with Gasteiger partial charge in [-0.15, -0.1) is 0 Å². The average molecular weight is 568 g/mol. The van der Waals surface area contributed by atoms with E-state index in [0.29, 0.717) is 11.4 Å². The highest BCUT2D eigenvalue weighted by Gasteiger charge is 2.57. The topological polar surface area (TPSA) is 216 Å². The van der Waals surface area contributed by atoms with Gasteiger partial charge < -0.3 is 44.6 Å². The number of carboxylic acid groups (broad SMARTS) is 1. The zero-order valence-corrected chi connectivity index (χ0v) is 21.9. The minimum atomic E-state index is -5.41. The third kappa shape index (κ3) is 6.05. The van der Waals surface area contributed by atoms with Gasteiger partial charge in [-0.25, -0.2) is 14.8 Å². The van der Waals surface area contributed by atoms with Crippen molar-refractivity contribution in [2.45, 2.75) is 68.5 Å². The van der Waals surface area contributed by atoms with Crippen molar-refractivity contribution in [2.24, 2.45) is 5.10 Å². The van der Waals surface area contributed by atoms with Crippen LogP contribution in [0.1, 0.15) is 31.2 Å². The Kier molecular flexibility index (Phi) is 9.48. The smallest absolute Gasteiger partial charge is 0.371 e. The highest BCUT2D eigenvalue weighted by molar-refractivity contribution is 7.54. The number of aliphatic hydroxyl groups excluding tert-OH is 2. The van der Waals surface area contributed by atoms with E-state index in [-0.39, 0.29) is 17.1 Å². The molecule has 0 unspecified atom stereocenters. The molecule has 0 bridgehead atoms. The number of aliphatic carboxylic acids is 1. The zero-order chi connectivity index (χ0) is 27.5. The summed E-state index contributed by atoms with van der Waals surface area (Å²) in [4.78, 5) is 39.4. The zero-order valence-electron chi connectivity index (χ0n) is 20.2. The first kappa shape index (κ1) is 29.6. The van der Waals surface area contributed by atoms with Crippen molar-refractivity contribution in [2.75, 3.05) is 30.6 Å². The van der Waals surface area contributed by atoms with Gasteiger partial charge in [-0.3, -0.25) is 4.57 Å². The molecule has 3 rings (SSSR count). The Morgan fingerprint density at radius 3 is 2.51 bits per heavy atom. The molecule has 2 fully saturated rings. The van der Waals surface area contributed by atoms with Crippen LogP contribution in [0.5, 0.6) is 0 Å². The molecule has 5 atom stereocenters. The van der Waals surface area contributed by atoms with Crippen molar-refractivity contribution in [1.29, 1.82) is 0 Å². The SMILES string of the molecule is C=NN(c1nc(Cl)nc(NC2CCCC2)c1C)[C@@H]1O[C@H](CO[C@](COC)(C(=O)O)P(=O)(O)O)[C@@H](O)[C@H]1O. The standard InChI is InChI=1S/C20H31ClN5O10P/c1-10-15(23-11-6-4-5-7-11)24-19(21)25-16(10)26(22-2)17-14(28)13(27)12(36-17)8-35-20(9-34-3,18(29)30)37(31,32)33/h11-14,17,27-28H,2,4-9H2,1,3H3,(H,29,30)(H,23,24,25)(H2,31,32,33)/t12-,13-,14-,17-,20+/m1/s1. The number of aliphatic hydroxyl groups is 2. The Hall–Kier alpha value is -1.94. The van der Waals surface area contributed by atoms with Crippen LogP contribution >= 0.6 is 19.2 Å². The summed E-state index contributed by atoms with van der Waals surface area (Å²) in [5.41, 5.74) is 0.514. The number of nitrogens with one attached hydrogen (secondary N) is 1. The van der Waals surface area contributed by atoms with E-state index in [9.17, 15) is 34.5 Å². The normalized spacial score (nSPS) is 26.1. The minimum Gasteiger partial charge on any atom is -0.479 e. The molecule has 1 aliphatic carbocycles. The Morgan fingerprint density at radius 2 is 1.97 bits per heavy atom. The molecule has 0 radical (unpaired) electrons. The number of ether oxygens (including phenoxy) is 3. The van der Waals surface area contributed by atoms with Crippen LogP contribution in [0.15, 0.2) is 5.10 Å². The summed E-state index contributed by atoms with van der Waals surface area (Å²) >= 11 is 6.15. The molecule has 6 N–H and O–H groups in total. The van der Waals surface area contributed by atoms with Crippen molar-refractivity contribution in [3.63, 3.8) is 0 Å². The van der Waals surface area contributed by atoms with Gasteiger partial charge in [-0.2, -0.15) is 10.1 Å². The lowest BCUT2D eigenvalue weighted by Gasteiger charge is -2.31. The van der Waals surface area contributed by atoms with Crippen molar-refractivity contribution >= 4 is 43.5 Å². The fourth-order valence-electron chi connectivity index (χ4n) is 4.32. The minimum absolute atomic E-state index is 0.116. The van der Waals surface area contributed by atoms with E-state index >= 15 is 0 Å². The summed E-state index contributed by atoms with van der Waals surface area (Å²) in [5.74, 6) is -1.39. The molecule has 2 heterocycles. The second-order valence-electron chi connectivity index (χ2n) is 8.83. The van der Waals surface area contributed by atoms with Gasteiger partial charge in [0.05, 0.1) is 13.2 Å². The van der Waals surface area contributed by atoms with Crippen LogP contribution < -0.4 is 10.3 Å². The van der Waals surface area contributed by atoms with Crippen molar-refractivity contribution in [3.8, 4) is 0 Å². The summed E-state index contributed by atoms with van der Waals surface area (Å²) in [7, 11) is -4.38. The lowest BCUT2D eigenvalue weighted by molar-refractivity contribution is -0.168. The molecule has 1 aromatic rings. The molecule has 0 spiro atoms. The number of hydrazone groups is 1. The molecule has 2 aliphatic rings. The number of anilines is 2. The van der Waals surface area contributed by atoms with Crippen LogP contribution in [0.4, 0.5) is 11.6 Å². The van der Waals surface area contributed by atoms with Gasteiger partial charge in [0, 0.05) is 25.4 Å². The number of aromatic nitrogens is 2. The molecule has 1 aromatic heterocycles. The summed E-state index contributed by atoms with van der Waals surface area (Å²) in [5, 5.41) is 35.9. The third-order valence-corrected chi connectivity index (χ3v) is 7.93. The van der Waals surface area contributed by atoms with Gasteiger partial charge >= 0.3 is 13.6 Å². The number of rotatable bonds is 12. The molecule has 0 amide bonds.